The summed E-state index contributed by atoms with van der Waals surface area (Å²) in [6, 6.07) is 9.07. The summed E-state index contributed by atoms with van der Waals surface area (Å²) in [4.78, 5) is 4.12. The van der Waals surface area contributed by atoms with Crippen molar-refractivity contribution in [1.82, 2.24) is 0 Å². The second-order valence-electron chi connectivity index (χ2n) is 7.35. The maximum atomic E-state index is 12.0. The monoisotopic (exact) mass is 450 g/mol. The minimum Gasteiger partial charge on any atom is -0.493 e. The van der Waals surface area contributed by atoms with Crippen molar-refractivity contribution >= 4 is 21.5 Å². The zero-order valence-corrected chi connectivity index (χ0v) is 19.2. The van der Waals surface area contributed by atoms with Crippen molar-refractivity contribution in [1.29, 1.82) is 0 Å². The molecular formula is C22H30N2O6S. The topological polar surface area (TPSA) is 88.5 Å². The highest BCUT2D eigenvalue weighted by Crippen LogP contribution is 2.44. The highest BCUT2D eigenvalue weighted by atomic mass is 32.2. The average Bonchev–Trinajstić information content (AvgIpc) is 2.77. The summed E-state index contributed by atoms with van der Waals surface area (Å²) in [6.07, 6.45) is 1.66. The van der Waals surface area contributed by atoms with Crippen molar-refractivity contribution in [2.24, 2.45) is 0 Å². The number of hydrogen-bond donors (Lipinski definition) is 1. The van der Waals surface area contributed by atoms with Crippen molar-refractivity contribution < 1.29 is 27.2 Å². The van der Waals surface area contributed by atoms with Crippen molar-refractivity contribution in [2.45, 2.75) is 24.7 Å². The lowest BCUT2D eigenvalue weighted by Gasteiger charge is -2.38. The first-order valence-corrected chi connectivity index (χ1v) is 11.7. The van der Waals surface area contributed by atoms with Gasteiger partial charge in [-0.1, -0.05) is 19.4 Å². The van der Waals surface area contributed by atoms with E-state index >= 15 is 0 Å². The van der Waals surface area contributed by atoms with Crippen LogP contribution in [0.2, 0.25) is 0 Å². The van der Waals surface area contributed by atoms with Crippen LogP contribution in [0, 0.1) is 0 Å². The second kappa shape index (κ2) is 9.65. The zero-order valence-electron chi connectivity index (χ0n) is 18.4. The molecular weight excluding hydrogens is 420 g/mol. The molecule has 1 saturated heterocycles. The maximum Gasteiger partial charge on any atom is 0.296 e. The van der Waals surface area contributed by atoms with Crippen LogP contribution in [0.25, 0.3) is 0 Å². The van der Waals surface area contributed by atoms with Crippen LogP contribution < -0.4 is 24.0 Å². The van der Waals surface area contributed by atoms with Crippen LogP contribution in [0.5, 0.6) is 17.2 Å². The standard InChI is InChI=1S/C22H30N2O6S/c1-5-6-16-7-8-17(20(15-16)31(25,26)27)23-11-13-24(14-12-23)18-9-10-19(28-2)22(30-4)21(18)29-3/h7-10,15H,5-6,11-14H2,1-4H3,(H,25,26,27). The van der Waals surface area contributed by atoms with Gasteiger partial charge >= 0.3 is 0 Å². The van der Waals surface area contributed by atoms with Gasteiger partial charge in [-0.25, -0.2) is 0 Å². The molecule has 0 aromatic heterocycles. The predicted octanol–water partition coefficient (Wildman–Crippen LogP) is 3.24. The Morgan fingerprint density at radius 1 is 0.871 bits per heavy atom. The molecule has 0 spiro atoms. The number of ether oxygens (including phenoxy) is 3. The number of rotatable bonds is 8. The van der Waals surface area contributed by atoms with Crippen LogP contribution >= 0.6 is 0 Å². The number of piperazine rings is 1. The number of methoxy groups -OCH3 is 3. The third-order valence-corrected chi connectivity index (χ3v) is 6.37. The largest absolute Gasteiger partial charge is 0.493 e. The smallest absolute Gasteiger partial charge is 0.296 e. The first-order chi connectivity index (χ1) is 14.8. The third kappa shape index (κ3) is 4.83. The van der Waals surface area contributed by atoms with E-state index in [-0.39, 0.29) is 4.90 Å². The molecule has 0 atom stereocenters. The molecule has 0 amide bonds. The van der Waals surface area contributed by atoms with Gasteiger partial charge in [0, 0.05) is 26.2 Å². The molecule has 0 bridgehead atoms. The summed E-state index contributed by atoms with van der Waals surface area (Å²) in [7, 11) is 0.416. The first kappa shape index (κ1) is 23.0. The van der Waals surface area contributed by atoms with Gasteiger partial charge < -0.3 is 24.0 Å². The molecule has 1 aliphatic rings. The molecule has 0 aliphatic carbocycles. The molecule has 1 fully saturated rings. The number of hydrogen-bond acceptors (Lipinski definition) is 7. The molecule has 9 heteroatoms. The summed E-state index contributed by atoms with van der Waals surface area (Å²) in [6.45, 7) is 4.50. The molecule has 2 aromatic carbocycles. The Labute approximate surface area is 184 Å². The van der Waals surface area contributed by atoms with E-state index in [0.29, 0.717) is 49.1 Å². The normalized spacial score (nSPS) is 14.5. The molecule has 0 saturated carbocycles. The first-order valence-electron chi connectivity index (χ1n) is 10.2. The molecule has 3 rings (SSSR count). The van der Waals surface area contributed by atoms with E-state index in [2.05, 4.69) is 4.90 Å². The van der Waals surface area contributed by atoms with Crippen LogP contribution in [-0.4, -0.2) is 60.5 Å². The SMILES string of the molecule is CCCc1ccc(N2CCN(c3ccc(OC)c(OC)c3OC)CC2)c(S(=O)(=O)O)c1. The van der Waals surface area contributed by atoms with Gasteiger partial charge in [0.15, 0.2) is 11.5 Å². The van der Waals surface area contributed by atoms with E-state index in [9.17, 15) is 13.0 Å². The van der Waals surface area contributed by atoms with Gasteiger partial charge in [-0.2, -0.15) is 8.42 Å². The minimum absolute atomic E-state index is 0.0319. The highest BCUT2D eigenvalue weighted by Gasteiger charge is 2.27. The van der Waals surface area contributed by atoms with Crippen molar-refractivity contribution in [3.8, 4) is 17.2 Å². The molecule has 0 unspecified atom stereocenters. The van der Waals surface area contributed by atoms with E-state index < -0.39 is 10.1 Å². The predicted molar refractivity (Wildman–Crippen MR) is 121 cm³/mol. The van der Waals surface area contributed by atoms with Gasteiger partial charge in [0.2, 0.25) is 5.75 Å². The van der Waals surface area contributed by atoms with E-state index in [1.54, 1.807) is 33.5 Å². The molecule has 0 radical (unpaired) electrons. The summed E-state index contributed by atoms with van der Waals surface area (Å²) in [5.74, 6) is 1.72. The van der Waals surface area contributed by atoms with Gasteiger partial charge in [-0.3, -0.25) is 4.55 Å². The molecule has 2 aromatic rings. The fourth-order valence-electron chi connectivity index (χ4n) is 3.99. The van der Waals surface area contributed by atoms with Gasteiger partial charge in [0.05, 0.1) is 32.7 Å². The van der Waals surface area contributed by atoms with Gasteiger partial charge in [0.1, 0.15) is 4.90 Å². The van der Waals surface area contributed by atoms with Gasteiger partial charge in [-0.15, -0.1) is 0 Å². The summed E-state index contributed by atoms with van der Waals surface area (Å²) < 4.78 is 50.3. The van der Waals surface area contributed by atoms with Crippen LogP contribution in [0.1, 0.15) is 18.9 Å². The summed E-state index contributed by atoms with van der Waals surface area (Å²) in [5, 5.41) is 0. The minimum atomic E-state index is -4.32. The van der Waals surface area contributed by atoms with E-state index in [1.165, 1.54) is 0 Å². The molecule has 8 nitrogen and oxygen atoms in total. The summed E-state index contributed by atoms with van der Waals surface area (Å²) in [5.41, 5.74) is 2.31. The van der Waals surface area contributed by atoms with Gasteiger partial charge in [0.25, 0.3) is 10.1 Å². The Morgan fingerprint density at radius 3 is 1.97 bits per heavy atom. The number of benzene rings is 2. The fourth-order valence-corrected chi connectivity index (χ4v) is 4.76. The number of nitrogens with zero attached hydrogens (tertiary/aromatic N) is 2. The Bertz CT molecular complexity index is 1020. The zero-order chi connectivity index (χ0) is 22.6. The highest BCUT2D eigenvalue weighted by molar-refractivity contribution is 7.86. The van der Waals surface area contributed by atoms with Crippen molar-refractivity contribution in [2.75, 3.05) is 57.3 Å². The lowest BCUT2D eigenvalue weighted by molar-refractivity contribution is 0.324. The lowest BCUT2D eigenvalue weighted by atomic mass is 10.1. The fraction of sp³-hybridized carbons (Fsp3) is 0.455. The van der Waals surface area contributed by atoms with Crippen molar-refractivity contribution in [3.63, 3.8) is 0 Å². The van der Waals surface area contributed by atoms with E-state index in [1.807, 2.05) is 30.0 Å². The third-order valence-electron chi connectivity index (χ3n) is 5.49. The molecule has 1 heterocycles. The second-order valence-corrected chi connectivity index (χ2v) is 8.74. The molecule has 1 aliphatic heterocycles. The number of aryl methyl sites for hydroxylation is 1. The maximum absolute atomic E-state index is 12.0. The van der Waals surface area contributed by atoms with Crippen LogP contribution in [-0.2, 0) is 16.5 Å². The van der Waals surface area contributed by atoms with Crippen LogP contribution in [0.15, 0.2) is 35.2 Å². The van der Waals surface area contributed by atoms with E-state index in [0.717, 1.165) is 24.1 Å². The Morgan fingerprint density at radius 2 is 1.45 bits per heavy atom. The Balaban J connectivity index is 1.85. The van der Waals surface area contributed by atoms with Gasteiger partial charge in [-0.05, 0) is 36.2 Å². The Kier molecular flexibility index (Phi) is 7.17. The average molecular weight is 451 g/mol. The molecule has 170 valence electrons. The van der Waals surface area contributed by atoms with E-state index in [4.69, 9.17) is 14.2 Å². The van der Waals surface area contributed by atoms with Crippen molar-refractivity contribution in [3.05, 3.63) is 35.9 Å². The van der Waals surface area contributed by atoms with Crippen LogP contribution in [0.3, 0.4) is 0 Å². The number of anilines is 2. The Hall–Kier alpha value is -2.65. The van der Waals surface area contributed by atoms with Crippen LogP contribution in [0.4, 0.5) is 11.4 Å². The molecule has 1 N–H and O–H groups in total. The summed E-state index contributed by atoms with van der Waals surface area (Å²) >= 11 is 0. The molecule has 31 heavy (non-hydrogen) atoms. The quantitative estimate of drug-likeness (QED) is 0.613. The lowest BCUT2D eigenvalue weighted by Crippen LogP contribution is -2.47.